The molecule has 0 aliphatic carbocycles. The number of carbonyl (C=O) groups is 3. The van der Waals surface area contributed by atoms with Gasteiger partial charge in [0.25, 0.3) is 0 Å². The summed E-state index contributed by atoms with van der Waals surface area (Å²) in [5, 5.41) is 8.95. The summed E-state index contributed by atoms with van der Waals surface area (Å²) in [7, 11) is 2.94. The second-order valence-electron chi connectivity index (χ2n) is 5.79. The van der Waals surface area contributed by atoms with Crippen molar-refractivity contribution in [3.05, 3.63) is 23.8 Å². The standard InChI is InChI=1S/C20H25NO7/c1-5-27-18(23)20(10-7-11-21,19(24)28-6-2)17(22)13-14-8-9-15(25-3)16(12-14)26-4/h8-9,12H,5-7,10,13H2,1-4H3. The highest BCUT2D eigenvalue weighted by Gasteiger charge is 2.54. The predicted octanol–water partition coefficient (Wildman–Crippen LogP) is 2.23. The summed E-state index contributed by atoms with van der Waals surface area (Å²) in [6.45, 7) is 3.10. The molecule has 1 aromatic rings. The number of ketones is 1. The fourth-order valence-electron chi connectivity index (χ4n) is 2.73. The Hall–Kier alpha value is -3.08. The van der Waals surface area contributed by atoms with Gasteiger partial charge in [-0.05, 0) is 38.0 Å². The maximum absolute atomic E-state index is 13.1. The van der Waals surface area contributed by atoms with Gasteiger partial charge in [-0.3, -0.25) is 14.4 Å². The van der Waals surface area contributed by atoms with Crippen molar-refractivity contribution in [1.29, 1.82) is 5.26 Å². The van der Waals surface area contributed by atoms with Crippen molar-refractivity contribution in [3.63, 3.8) is 0 Å². The molecule has 28 heavy (non-hydrogen) atoms. The fourth-order valence-corrected chi connectivity index (χ4v) is 2.73. The van der Waals surface area contributed by atoms with Crippen molar-refractivity contribution in [3.8, 4) is 17.6 Å². The third-order valence-electron chi connectivity index (χ3n) is 4.15. The lowest BCUT2D eigenvalue weighted by Gasteiger charge is -2.27. The Morgan fingerprint density at radius 2 is 1.57 bits per heavy atom. The van der Waals surface area contributed by atoms with Crippen LogP contribution in [0.5, 0.6) is 11.5 Å². The molecule has 0 heterocycles. The molecule has 0 aliphatic rings. The largest absolute Gasteiger partial charge is 0.493 e. The summed E-state index contributed by atoms with van der Waals surface area (Å²) in [6.07, 6.45) is -0.744. The number of methoxy groups -OCH3 is 2. The molecule has 0 aliphatic heterocycles. The maximum Gasteiger partial charge on any atom is 0.331 e. The summed E-state index contributed by atoms with van der Waals surface area (Å²) >= 11 is 0. The van der Waals surface area contributed by atoms with E-state index in [1.165, 1.54) is 14.2 Å². The molecule has 0 bridgehead atoms. The highest BCUT2D eigenvalue weighted by atomic mass is 16.6. The van der Waals surface area contributed by atoms with Gasteiger partial charge in [-0.25, -0.2) is 0 Å². The number of ether oxygens (including phenoxy) is 4. The average Bonchev–Trinajstić information content (AvgIpc) is 2.68. The van der Waals surface area contributed by atoms with Gasteiger partial charge < -0.3 is 18.9 Å². The number of hydrogen-bond donors (Lipinski definition) is 0. The number of hydrogen-bond acceptors (Lipinski definition) is 8. The summed E-state index contributed by atoms with van der Waals surface area (Å²) < 4.78 is 20.4. The fraction of sp³-hybridized carbons (Fsp3) is 0.500. The van der Waals surface area contributed by atoms with Gasteiger partial charge in [-0.1, -0.05) is 6.07 Å². The lowest BCUT2D eigenvalue weighted by molar-refractivity contribution is -0.175. The SMILES string of the molecule is CCOC(=O)C(CCC#N)(C(=O)Cc1ccc(OC)c(OC)c1)C(=O)OCC. The molecule has 0 unspecified atom stereocenters. The van der Waals surface area contributed by atoms with Gasteiger partial charge in [0, 0.05) is 12.8 Å². The lowest BCUT2D eigenvalue weighted by atomic mass is 9.76. The molecular weight excluding hydrogens is 366 g/mol. The number of rotatable bonds is 11. The van der Waals surface area contributed by atoms with Crippen LogP contribution >= 0.6 is 0 Å². The Bertz CT molecular complexity index is 733. The van der Waals surface area contributed by atoms with E-state index in [0.717, 1.165) is 0 Å². The highest BCUT2D eigenvalue weighted by Crippen LogP contribution is 2.33. The number of nitrogens with zero attached hydrogens (tertiary/aromatic N) is 1. The minimum atomic E-state index is -2.19. The molecule has 0 amide bonds. The Morgan fingerprint density at radius 1 is 1.00 bits per heavy atom. The quantitative estimate of drug-likeness (QED) is 0.417. The number of nitriles is 1. The van der Waals surface area contributed by atoms with Crippen LogP contribution < -0.4 is 9.47 Å². The van der Waals surface area contributed by atoms with Crippen LogP contribution in [0.25, 0.3) is 0 Å². The molecule has 0 atom stereocenters. The smallest absolute Gasteiger partial charge is 0.331 e. The van der Waals surface area contributed by atoms with Crippen LogP contribution in [0.15, 0.2) is 18.2 Å². The normalized spacial score (nSPS) is 10.5. The monoisotopic (exact) mass is 391 g/mol. The Kier molecular flexibility index (Phi) is 8.96. The van der Waals surface area contributed by atoms with Crippen LogP contribution in [0.1, 0.15) is 32.3 Å². The molecular formula is C20H25NO7. The van der Waals surface area contributed by atoms with Crippen molar-refractivity contribution in [1.82, 2.24) is 0 Å². The van der Waals surface area contributed by atoms with Gasteiger partial charge in [0.2, 0.25) is 5.41 Å². The molecule has 0 fully saturated rings. The van der Waals surface area contributed by atoms with E-state index in [0.29, 0.717) is 17.1 Å². The van der Waals surface area contributed by atoms with E-state index in [4.69, 9.17) is 24.2 Å². The van der Waals surface area contributed by atoms with Gasteiger partial charge in [0.05, 0.1) is 33.5 Å². The van der Waals surface area contributed by atoms with Crippen LogP contribution in [0, 0.1) is 16.7 Å². The predicted molar refractivity (Wildman–Crippen MR) is 98.8 cm³/mol. The Balaban J connectivity index is 3.34. The molecule has 8 heteroatoms. The molecule has 0 saturated carbocycles. The Morgan fingerprint density at radius 3 is 2.04 bits per heavy atom. The van der Waals surface area contributed by atoms with Crippen LogP contribution in [-0.4, -0.2) is 45.2 Å². The average molecular weight is 391 g/mol. The highest BCUT2D eigenvalue weighted by molar-refractivity contribution is 6.20. The van der Waals surface area contributed by atoms with Crippen molar-refractivity contribution in [2.45, 2.75) is 33.1 Å². The van der Waals surface area contributed by atoms with E-state index >= 15 is 0 Å². The van der Waals surface area contributed by atoms with Crippen molar-refractivity contribution < 1.29 is 33.3 Å². The van der Waals surface area contributed by atoms with Gasteiger partial charge in [-0.2, -0.15) is 5.26 Å². The molecule has 0 saturated heterocycles. The third-order valence-corrected chi connectivity index (χ3v) is 4.15. The van der Waals surface area contributed by atoms with E-state index in [1.54, 1.807) is 32.0 Å². The van der Waals surface area contributed by atoms with Crippen LogP contribution in [0.4, 0.5) is 0 Å². The van der Waals surface area contributed by atoms with E-state index in [1.807, 2.05) is 6.07 Å². The summed E-state index contributed by atoms with van der Waals surface area (Å²) in [4.78, 5) is 38.4. The second-order valence-corrected chi connectivity index (χ2v) is 5.79. The zero-order valence-electron chi connectivity index (χ0n) is 16.6. The summed E-state index contributed by atoms with van der Waals surface area (Å²) in [5.74, 6) is -1.83. The molecule has 152 valence electrons. The first-order chi connectivity index (χ1) is 13.4. The first-order valence-electron chi connectivity index (χ1n) is 8.86. The third kappa shape index (κ3) is 5.00. The number of carbonyl (C=O) groups excluding carboxylic acids is 3. The lowest BCUT2D eigenvalue weighted by Crippen LogP contribution is -2.49. The molecule has 8 nitrogen and oxygen atoms in total. The topological polar surface area (TPSA) is 112 Å². The molecule has 0 spiro atoms. The second kappa shape index (κ2) is 10.9. The maximum atomic E-state index is 13.1. The van der Waals surface area contributed by atoms with Crippen LogP contribution in [0.3, 0.4) is 0 Å². The molecule has 0 aromatic heterocycles. The zero-order valence-corrected chi connectivity index (χ0v) is 16.6. The van der Waals surface area contributed by atoms with Gasteiger partial charge in [0.15, 0.2) is 17.3 Å². The minimum absolute atomic E-state index is 0.0177. The number of benzene rings is 1. The first kappa shape index (κ1) is 23.0. The Labute approximate surface area is 164 Å². The molecule has 1 aromatic carbocycles. The van der Waals surface area contributed by atoms with Gasteiger partial charge >= 0.3 is 11.9 Å². The van der Waals surface area contributed by atoms with E-state index in [-0.39, 0.29) is 32.5 Å². The van der Waals surface area contributed by atoms with E-state index in [2.05, 4.69) is 0 Å². The van der Waals surface area contributed by atoms with E-state index < -0.39 is 23.1 Å². The van der Waals surface area contributed by atoms with Crippen molar-refractivity contribution in [2.75, 3.05) is 27.4 Å². The van der Waals surface area contributed by atoms with Gasteiger partial charge in [-0.15, -0.1) is 0 Å². The number of esters is 2. The van der Waals surface area contributed by atoms with Gasteiger partial charge in [0.1, 0.15) is 0 Å². The molecule has 1 rings (SSSR count). The zero-order chi connectivity index (χ0) is 21.2. The van der Waals surface area contributed by atoms with Crippen LogP contribution in [-0.2, 0) is 30.3 Å². The summed E-state index contributed by atoms with van der Waals surface area (Å²) in [6, 6.07) is 6.70. The molecule has 0 N–H and O–H groups in total. The van der Waals surface area contributed by atoms with Crippen molar-refractivity contribution in [2.24, 2.45) is 5.41 Å². The first-order valence-corrected chi connectivity index (χ1v) is 8.86. The molecule has 0 radical (unpaired) electrons. The van der Waals surface area contributed by atoms with Crippen LogP contribution in [0.2, 0.25) is 0 Å². The van der Waals surface area contributed by atoms with Crippen molar-refractivity contribution >= 4 is 17.7 Å². The summed E-state index contributed by atoms with van der Waals surface area (Å²) in [5.41, 5.74) is -1.67. The minimum Gasteiger partial charge on any atom is -0.493 e. The number of Topliss-reactive ketones (excluding diaryl/α,β-unsaturated/α-hetero) is 1. The van der Waals surface area contributed by atoms with E-state index in [9.17, 15) is 14.4 Å².